The molecule has 1 unspecified atom stereocenters. The van der Waals surface area contributed by atoms with Gasteiger partial charge in [-0.05, 0) is 29.0 Å². The monoisotopic (exact) mass is 189 g/mol. The molecule has 0 amide bonds. The first-order chi connectivity index (χ1) is 6.43. The number of thioether (sulfide) groups is 1. The van der Waals surface area contributed by atoms with E-state index < -0.39 is 0 Å². The van der Waals surface area contributed by atoms with Gasteiger partial charge < -0.3 is 5.32 Å². The number of hydrogen-bond acceptors (Lipinski definition) is 2. The summed E-state index contributed by atoms with van der Waals surface area (Å²) in [5, 5.41) is 5.88. The van der Waals surface area contributed by atoms with Crippen LogP contribution in [0.4, 0.5) is 5.69 Å². The van der Waals surface area contributed by atoms with Crippen LogP contribution in [-0.4, -0.2) is 11.8 Å². The molecule has 2 heteroatoms. The Morgan fingerprint density at radius 1 is 1.31 bits per heavy atom. The van der Waals surface area contributed by atoms with Crippen molar-refractivity contribution < 1.29 is 0 Å². The normalized spacial score (nSPS) is 24.3. The molecule has 0 spiro atoms. The summed E-state index contributed by atoms with van der Waals surface area (Å²) in [6.07, 6.45) is 1.14. The standard InChI is InChI=1S/C11H11NS/c1-2-4-10-8(3-1)5-9-6-13-7-11(9)12-10/h1-4,6,11-12H,5,7H2. The molecule has 0 saturated carbocycles. The molecule has 1 N–H and O–H groups in total. The van der Waals surface area contributed by atoms with Crippen molar-refractivity contribution in [3.63, 3.8) is 0 Å². The van der Waals surface area contributed by atoms with Crippen molar-refractivity contribution in [3.8, 4) is 0 Å². The van der Waals surface area contributed by atoms with Crippen LogP contribution < -0.4 is 5.32 Å². The molecule has 1 nitrogen and oxygen atoms in total. The van der Waals surface area contributed by atoms with Crippen LogP contribution >= 0.6 is 11.8 Å². The van der Waals surface area contributed by atoms with E-state index in [4.69, 9.17) is 0 Å². The first-order valence-electron chi connectivity index (χ1n) is 4.58. The third-order valence-electron chi connectivity index (χ3n) is 2.69. The van der Waals surface area contributed by atoms with Crippen LogP contribution in [0.15, 0.2) is 35.2 Å². The van der Waals surface area contributed by atoms with Crippen molar-refractivity contribution >= 4 is 17.4 Å². The van der Waals surface area contributed by atoms with Gasteiger partial charge in [0.05, 0.1) is 6.04 Å². The highest BCUT2D eigenvalue weighted by atomic mass is 32.2. The quantitative estimate of drug-likeness (QED) is 0.673. The van der Waals surface area contributed by atoms with Crippen LogP contribution in [0.2, 0.25) is 0 Å². The van der Waals surface area contributed by atoms with E-state index in [0.717, 1.165) is 6.42 Å². The van der Waals surface area contributed by atoms with Gasteiger partial charge >= 0.3 is 0 Å². The highest BCUT2D eigenvalue weighted by Gasteiger charge is 2.24. The zero-order chi connectivity index (χ0) is 8.67. The van der Waals surface area contributed by atoms with Crippen LogP contribution in [0.25, 0.3) is 0 Å². The second-order valence-corrected chi connectivity index (χ2v) is 4.46. The van der Waals surface area contributed by atoms with Gasteiger partial charge in [-0.2, -0.15) is 0 Å². The van der Waals surface area contributed by atoms with E-state index in [1.54, 1.807) is 5.57 Å². The van der Waals surface area contributed by atoms with Gasteiger partial charge in [0.15, 0.2) is 0 Å². The van der Waals surface area contributed by atoms with Crippen molar-refractivity contribution in [2.24, 2.45) is 0 Å². The highest BCUT2D eigenvalue weighted by Crippen LogP contribution is 2.34. The van der Waals surface area contributed by atoms with Crippen molar-refractivity contribution in [1.82, 2.24) is 0 Å². The lowest BCUT2D eigenvalue weighted by Gasteiger charge is -2.25. The molecule has 1 atom stereocenters. The Labute approximate surface area is 82.2 Å². The van der Waals surface area contributed by atoms with Crippen LogP contribution in [0.3, 0.4) is 0 Å². The molecule has 1 aromatic carbocycles. The lowest BCUT2D eigenvalue weighted by atomic mass is 9.95. The minimum Gasteiger partial charge on any atom is -0.377 e. The maximum absolute atomic E-state index is 3.57. The number of hydrogen-bond donors (Lipinski definition) is 1. The van der Waals surface area contributed by atoms with Gasteiger partial charge in [0.1, 0.15) is 0 Å². The fraction of sp³-hybridized carbons (Fsp3) is 0.273. The van der Waals surface area contributed by atoms with Gasteiger partial charge in [0.25, 0.3) is 0 Å². The molecule has 0 aliphatic carbocycles. The summed E-state index contributed by atoms with van der Waals surface area (Å²) in [5.74, 6) is 1.20. The molecule has 13 heavy (non-hydrogen) atoms. The maximum atomic E-state index is 3.57. The number of rotatable bonds is 0. The predicted octanol–water partition coefficient (Wildman–Crippen LogP) is 2.65. The van der Waals surface area contributed by atoms with Crippen LogP contribution in [0.5, 0.6) is 0 Å². The fourth-order valence-electron chi connectivity index (χ4n) is 1.96. The first-order valence-corrected chi connectivity index (χ1v) is 5.63. The summed E-state index contributed by atoms with van der Waals surface area (Å²) >= 11 is 1.93. The summed E-state index contributed by atoms with van der Waals surface area (Å²) < 4.78 is 0. The molecule has 3 rings (SSSR count). The fourth-order valence-corrected chi connectivity index (χ4v) is 3.01. The van der Waals surface area contributed by atoms with E-state index >= 15 is 0 Å². The van der Waals surface area contributed by atoms with Gasteiger partial charge in [0, 0.05) is 11.4 Å². The molecule has 0 saturated heterocycles. The molecule has 2 heterocycles. The molecule has 66 valence electrons. The third-order valence-corrected chi connectivity index (χ3v) is 3.68. The van der Waals surface area contributed by atoms with E-state index in [0.29, 0.717) is 6.04 Å². The van der Waals surface area contributed by atoms with Crippen molar-refractivity contribution in [2.75, 3.05) is 11.1 Å². The maximum Gasteiger partial charge on any atom is 0.0578 e. The minimum absolute atomic E-state index is 0.597. The number of fused-ring (bicyclic) bond motifs is 2. The Balaban J connectivity index is 2.04. The van der Waals surface area contributed by atoms with E-state index in [2.05, 4.69) is 35.0 Å². The smallest absolute Gasteiger partial charge is 0.0578 e. The average molecular weight is 189 g/mol. The topological polar surface area (TPSA) is 12.0 Å². The van der Waals surface area contributed by atoms with Gasteiger partial charge in [-0.1, -0.05) is 18.2 Å². The molecule has 2 aliphatic rings. The summed E-state index contributed by atoms with van der Waals surface area (Å²) in [4.78, 5) is 0. The number of para-hydroxylation sites is 1. The van der Waals surface area contributed by atoms with Crippen LogP contribution in [0.1, 0.15) is 5.56 Å². The summed E-state index contributed by atoms with van der Waals surface area (Å²) in [6.45, 7) is 0. The number of nitrogens with one attached hydrogen (secondary N) is 1. The van der Waals surface area contributed by atoms with E-state index in [1.807, 2.05) is 11.8 Å². The zero-order valence-electron chi connectivity index (χ0n) is 7.29. The first kappa shape index (κ1) is 7.51. The third kappa shape index (κ3) is 1.17. The highest BCUT2D eigenvalue weighted by molar-refractivity contribution is 8.02. The molecule has 0 aromatic heterocycles. The molecule has 0 fully saturated rings. The van der Waals surface area contributed by atoms with Crippen LogP contribution in [-0.2, 0) is 6.42 Å². The minimum atomic E-state index is 0.597. The Bertz CT molecular complexity index is 370. The SMILES string of the molecule is C1=C2Cc3ccccc3NC2CS1. The van der Waals surface area contributed by atoms with Crippen molar-refractivity contribution in [2.45, 2.75) is 12.5 Å². The zero-order valence-corrected chi connectivity index (χ0v) is 8.10. The molecular formula is C11H11NS. The van der Waals surface area contributed by atoms with E-state index in [-0.39, 0.29) is 0 Å². The Morgan fingerprint density at radius 3 is 3.23 bits per heavy atom. The average Bonchev–Trinajstić information content (AvgIpc) is 2.61. The summed E-state index contributed by atoms with van der Waals surface area (Å²) in [6, 6.07) is 9.20. The van der Waals surface area contributed by atoms with Gasteiger partial charge in [-0.3, -0.25) is 0 Å². The second-order valence-electron chi connectivity index (χ2n) is 3.56. The van der Waals surface area contributed by atoms with E-state index in [9.17, 15) is 0 Å². The molecule has 1 aromatic rings. The number of anilines is 1. The number of benzene rings is 1. The van der Waals surface area contributed by atoms with Crippen LogP contribution in [0, 0.1) is 0 Å². The Kier molecular flexibility index (Phi) is 1.62. The van der Waals surface area contributed by atoms with E-state index in [1.165, 1.54) is 17.0 Å². The second kappa shape index (κ2) is 2.81. The lowest BCUT2D eigenvalue weighted by molar-refractivity contribution is 0.871. The van der Waals surface area contributed by atoms with Gasteiger partial charge in [-0.15, -0.1) is 11.8 Å². The molecule has 0 radical (unpaired) electrons. The molecule has 2 aliphatic heterocycles. The molecular weight excluding hydrogens is 178 g/mol. The van der Waals surface area contributed by atoms with Crippen molar-refractivity contribution in [1.29, 1.82) is 0 Å². The lowest BCUT2D eigenvalue weighted by Crippen LogP contribution is -2.27. The van der Waals surface area contributed by atoms with Crippen molar-refractivity contribution in [3.05, 3.63) is 40.8 Å². The summed E-state index contributed by atoms with van der Waals surface area (Å²) in [7, 11) is 0. The molecule has 0 bridgehead atoms. The Hall–Kier alpha value is -0.890. The predicted molar refractivity (Wildman–Crippen MR) is 58.1 cm³/mol. The van der Waals surface area contributed by atoms with Gasteiger partial charge in [-0.25, -0.2) is 0 Å². The Morgan fingerprint density at radius 2 is 2.23 bits per heavy atom. The largest absolute Gasteiger partial charge is 0.377 e. The summed E-state index contributed by atoms with van der Waals surface area (Å²) in [5.41, 5.74) is 4.32. The van der Waals surface area contributed by atoms with Gasteiger partial charge in [0.2, 0.25) is 0 Å².